The summed E-state index contributed by atoms with van der Waals surface area (Å²) >= 11 is 0. The molecular formula is C38H44N8O6. The Morgan fingerprint density at radius 2 is 1.67 bits per heavy atom. The first-order valence-electron chi connectivity index (χ1n) is 17.6. The molecule has 2 aromatic carbocycles. The Hall–Kier alpha value is -5.79. The topological polar surface area (TPSA) is 161 Å². The molecule has 1 saturated heterocycles. The van der Waals surface area contributed by atoms with Crippen LogP contribution in [0.1, 0.15) is 59.3 Å². The van der Waals surface area contributed by atoms with Crippen LogP contribution in [0.2, 0.25) is 0 Å². The van der Waals surface area contributed by atoms with Gasteiger partial charge in [-0.1, -0.05) is 44.2 Å². The molecule has 1 fully saturated rings. The molecule has 2 aliphatic rings. The summed E-state index contributed by atoms with van der Waals surface area (Å²) in [5.74, 6) is 0.418. The monoisotopic (exact) mass is 708 g/mol. The number of carbonyl (C=O) groups is 4. The van der Waals surface area contributed by atoms with Crippen molar-refractivity contribution in [3.8, 4) is 22.9 Å². The highest BCUT2D eigenvalue weighted by atomic mass is 16.5. The van der Waals surface area contributed by atoms with Crippen molar-refractivity contribution in [2.24, 2.45) is 11.8 Å². The van der Waals surface area contributed by atoms with Crippen LogP contribution in [0.3, 0.4) is 0 Å². The second-order valence-corrected chi connectivity index (χ2v) is 13.2. The average Bonchev–Trinajstić information content (AvgIpc) is 3.59. The number of nitrogens with one attached hydrogen (secondary N) is 2. The number of benzene rings is 2. The maximum atomic E-state index is 14.1. The van der Waals surface area contributed by atoms with Gasteiger partial charge in [0.1, 0.15) is 6.61 Å². The fourth-order valence-electron chi connectivity index (χ4n) is 6.49. The van der Waals surface area contributed by atoms with Crippen LogP contribution >= 0.6 is 0 Å². The number of nitrogens with zero attached hydrogens (tertiary/aromatic N) is 6. The number of aromatic nitrogens is 4. The minimum Gasteiger partial charge on any atom is -0.493 e. The molecule has 2 N–H and O–H groups in total. The minimum atomic E-state index is -0.537. The zero-order chi connectivity index (χ0) is 36.6. The molecule has 2 bridgehead atoms. The number of fused-ring (bicyclic) bond motifs is 3. The van der Waals surface area contributed by atoms with Gasteiger partial charge in [0, 0.05) is 61.2 Å². The Morgan fingerprint density at radius 3 is 2.38 bits per heavy atom. The summed E-state index contributed by atoms with van der Waals surface area (Å²) in [6, 6.07) is 17.3. The molecule has 0 saturated carbocycles. The van der Waals surface area contributed by atoms with E-state index in [0.717, 1.165) is 5.56 Å². The zero-order valence-electron chi connectivity index (χ0n) is 29.7. The van der Waals surface area contributed by atoms with E-state index in [0.29, 0.717) is 66.8 Å². The maximum absolute atomic E-state index is 14.1. The summed E-state index contributed by atoms with van der Waals surface area (Å²) < 4.78 is 13.4. The molecule has 1 atom stereocenters. The summed E-state index contributed by atoms with van der Waals surface area (Å²) in [6.45, 7) is 5.26. The van der Waals surface area contributed by atoms with Crippen LogP contribution in [0.5, 0.6) is 11.5 Å². The molecule has 52 heavy (non-hydrogen) atoms. The first kappa shape index (κ1) is 36.0. The highest BCUT2D eigenvalue weighted by Gasteiger charge is 2.33. The lowest BCUT2D eigenvalue weighted by Gasteiger charge is -2.34. The first-order chi connectivity index (χ1) is 25.2. The predicted molar refractivity (Wildman–Crippen MR) is 191 cm³/mol. The fraction of sp³-hybridized carbons (Fsp3) is 0.395. The molecular weight excluding hydrogens is 664 g/mol. The largest absolute Gasteiger partial charge is 0.493 e. The molecule has 14 nitrogen and oxygen atoms in total. The van der Waals surface area contributed by atoms with Crippen LogP contribution in [0.15, 0.2) is 73.1 Å². The highest BCUT2D eigenvalue weighted by Crippen LogP contribution is 2.29. The fourth-order valence-corrected chi connectivity index (χ4v) is 6.49. The maximum Gasteiger partial charge on any atom is 0.253 e. The van der Waals surface area contributed by atoms with E-state index in [4.69, 9.17) is 19.6 Å². The van der Waals surface area contributed by atoms with E-state index in [-0.39, 0.29) is 55.8 Å². The molecule has 14 heteroatoms. The van der Waals surface area contributed by atoms with E-state index >= 15 is 0 Å². The lowest BCUT2D eigenvalue weighted by molar-refractivity contribution is -0.140. The Kier molecular flexibility index (Phi) is 11.4. The van der Waals surface area contributed by atoms with Crippen LogP contribution in [-0.4, -0.2) is 99.6 Å². The van der Waals surface area contributed by atoms with Crippen LogP contribution in [0.25, 0.3) is 11.4 Å². The number of pyridine rings is 1. The van der Waals surface area contributed by atoms with E-state index in [2.05, 4.69) is 15.6 Å². The van der Waals surface area contributed by atoms with E-state index in [1.165, 1.54) is 12.0 Å². The Morgan fingerprint density at radius 1 is 0.923 bits per heavy atom. The zero-order valence-corrected chi connectivity index (χ0v) is 29.7. The van der Waals surface area contributed by atoms with Gasteiger partial charge in [0.15, 0.2) is 23.1 Å². The van der Waals surface area contributed by atoms with Gasteiger partial charge in [-0.2, -0.15) is 5.10 Å². The normalized spacial score (nSPS) is 17.7. The molecule has 4 heterocycles. The summed E-state index contributed by atoms with van der Waals surface area (Å²) in [6.07, 6.45) is 4.07. The van der Waals surface area contributed by atoms with Gasteiger partial charge >= 0.3 is 0 Å². The molecule has 2 aromatic heterocycles. The molecule has 0 spiro atoms. The van der Waals surface area contributed by atoms with Gasteiger partial charge in [-0.3, -0.25) is 24.2 Å². The summed E-state index contributed by atoms with van der Waals surface area (Å²) in [5, 5.41) is 10.8. The number of methoxy groups -OCH3 is 1. The highest BCUT2D eigenvalue weighted by molar-refractivity contribution is 5.95. The SMILES string of the molecule is COc1ccc2cc1OCCn1nc(-c3ccccc3)nc1[C@@H](C(C)C)NC(=O)CN(C(=O)C1CCN(C(=O)c3ccncc3)CC1)CCNC2=O. The van der Waals surface area contributed by atoms with E-state index in [1.54, 1.807) is 52.3 Å². The van der Waals surface area contributed by atoms with Crippen molar-refractivity contribution in [1.82, 2.24) is 40.2 Å². The van der Waals surface area contributed by atoms with Gasteiger partial charge in [-0.15, -0.1) is 0 Å². The van der Waals surface area contributed by atoms with Crippen molar-refractivity contribution in [2.75, 3.05) is 46.4 Å². The molecule has 0 aliphatic carbocycles. The van der Waals surface area contributed by atoms with Crippen LogP contribution in [0, 0.1) is 11.8 Å². The average molecular weight is 709 g/mol. The van der Waals surface area contributed by atoms with Crippen molar-refractivity contribution < 1.29 is 28.7 Å². The summed E-state index contributed by atoms with van der Waals surface area (Å²) in [5.41, 5.74) is 1.73. The van der Waals surface area contributed by atoms with Crippen molar-refractivity contribution in [1.29, 1.82) is 0 Å². The van der Waals surface area contributed by atoms with Crippen LogP contribution < -0.4 is 20.1 Å². The lowest BCUT2D eigenvalue weighted by atomic mass is 9.94. The molecule has 0 unspecified atom stereocenters. The van der Waals surface area contributed by atoms with Crippen LogP contribution in [-0.2, 0) is 16.1 Å². The molecule has 0 radical (unpaired) electrons. The smallest absolute Gasteiger partial charge is 0.253 e. The van der Waals surface area contributed by atoms with Crippen molar-refractivity contribution >= 4 is 23.6 Å². The van der Waals surface area contributed by atoms with Gasteiger partial charge in [0.2, 0.25) is 11.8 Å². The standard InChI is InChI=1S/C38H44N8O6/c1-25(2)33-35-42-34(26-7-5-4-6-8-26)43-46(35)21-22-52-31-23-29(9-10-30(31)51-3)36(48)40-17-20-45(24-32(47)41-33)38(50)28-13-18-44(19-14-28)37(49)27-11-15-39-16-12-27/h4-12,15-16,23,25,28,33H,13-14,17-22,24H2,1-3H3,(H,40,48)(H,41,47)/t33-/m1/s1. The summed E-state index contributed by atoms with van der Waals surface area (Å²) in [4.78, 5) is 66.3. The van der Waals surface area contributed by atoms with Gasteiger partial charge in [0.25, 0.3) is 11.8 Å². The Labute approximate surface area is 302 Å². The van der Waals surface area contributed by atoms with Crippen molar-refractivity contribution in [2.45, 2.75) is 39.3 Å². The number of likely N-dealkylation sites (tertiary alicyclic amines) is 1. The quantitative estimate of drug-likeness (QED) is 0.317. The third kappa shape index (κ3) is 8.39. The van der Waals surface area contributed by atoms with E-state index < -0.39 is 12.0 Å². The lowest BCUT2D eigenvalue weighted by Crippen LogP contribution is -2.49. The van der Waals surface area contributed by atoms with Gasteiger partial charge < -0.3 is 29.9 Å². The first-order valence-corrected chi connectivity index (χ1v) is 17.6. The molecule has 2 aliphatic heterocycles. The third-order valence-corrected chi connectivity index (χ3v) is 9.35. The van der Waals surface area contributed by atoms with Gasteiger partial charge in [-0.25, -0.2) is 9.67 Å². The van der Waals surface area contributed by atoms with E-state index in [1.807, 2.05) is 44.2 Å². The van der Waals surface area contributed by atoms with Crippen molar-refractivity contribution in [3.05, 3.63) is 90.0 Å². The van der Waals surface area contributed by atoms with Gasteiger partial charge in [0.05, 0.1) is 26.2 Å². The molecule has 6 rings (SSSR count). The van der Waals surface area contributed by atoms with Gasteiger partial charge in [-0.05, 0) is 49.1 Å². The third-order valence-electron chi connectivity index (χ3n) is 9.35. The molecule has 272 valence electrons. The van der Waals surface area contributed by atoms with E-state index in [9.17, 15) is 19.2 Å². The number of amides is 4. The molecule has 4 amide bonds. The van der Waals surface area contributed by atoms with Crippen LogP contribution in [0.4, 0.5) is 0 Å². The minimum absolute atomic E-state index is 0.0824. The Bertz CT molecular complexity index is 1870. The Balaban J connectivity index is 1.27. The van der Waals surface area contributed by atoms with Crippen molar-refractivity contribution in [3.63, 3.8) is 0 Å². The number of rotatable bonds is 5. The number of hydrogen-bond donors (Lipinski definition) is 2. The number of hydrogen-bond acceptors (Lipinski definition) is 9. The predicted octanol–water partition coefficient (Wildman–Crippen LogP) is 3.37. The number of carbonyl (C=O) groups excluding carboxylic acids is 4. The summed E-state index contributed by atoms with van der Waals surface area (Å²) in [7, 11) is 1.53. The number of ether oxygens (including phenoxy) is 2. The second-order valence-electron chi connectivity index (χ2n) is 13.2. The second kappa shape index (κ2) is 16.5. The molecule has 4 aromatic rings. The number of piperidine rings is 1.